The largest absolute Gasteiger partial charge is 0.374 e. The van der Waals surface area contributed by atoms with Gasteiger partial charge in [0.1, 0.15) is 0 Å². The van der Waals surface area contributed by atoms with Crippen LogP contribution in [0.1, 0.15) is 31.0 Å². The number of rotatable bonds is 5. The van der Waals surface area contributed by atoms with Crippen LogP contribution in [0.15, 0.2) is 24.3 Å². The van der Waals surface area contributed by atoms with Crippen LogP contribution in [0, 0.1) is 6.92 Å². The van der Waals surface area contributed by atoms with Crippen LogP contribution in [0.4, 0.5) is 0 Å². The minimum atomic E-state index is 0.247. The molecule has 0 bridgehead atoms. The van der Waals surface area contributed by atoms with Crippen LogP contribution in [0.2, 0.25) is 0 Å². The minimum Gasteiger partial charge on any atom is -0.374 e. The van der Waals surface area contributed by atoms with Crippen LogP contribution in [0.3, 0.4) is 0 Å². The zero-order valence-electron chi connectivity index (χ0n) is 12.4. The molecular formula is C16H26N2O. The first kappa shape index (κ1) is 14.5. The molecule has 1 heterocycles. The summed E-state index contributed by atoms with van der Waals surface area (Å²) in [6.45, 7) is 11.5. The Morgan fingerprint density at radius 3 is 2.68 bits per heavy atom. The molecule has 1 saturated heterocycles. The Labute approximate surface area is 116 Å². The SMILES string of the molecule is CCNC(c1ccc(C)cc1)C1CN(CC)CCO1. The second-order valence-corrected chi connectivity index (χ2v) is 5.25. The molecule has 2 unspecified atom stereocenters. The van der Waals surface area contributed by atoms with E-state index in [4.69, 9.17) is 4.74 Å². The van der Waals surface area contributed by atoms with E-state index in [1.54, 1.807) is 0 Å². The van der Waals surface area contributed by atoms with Gasteiger partial charge in [-0.25, -0.2) is 0 Å². The zero-order chi connectivity index (χ0) is 13.7. The fourth-order valence-corrected chi connectivity index (χ4v) is 2.68. The molecule has 0 aliphatic carbocycles. The molecular weight excluding hydrogens is 236 g/mol. The van der Waals surface area contributed by atoms with Crippen molar-refractivity contribution in [1.29, 1.82) is 0 Å². The molecule has 106 valence electrons. The standard InChI is InChI=1S/C16H26N2O/c1-4-17-16(14-8-6-13(3)7-9-14)15-12-18(5-2)10-11-19-15/h6-9,15-17H,4-5,10-12H2,1-3H3. The predicted octanol–water partition coefficient (Wildman–Crippen LogP) is 2.37. The van der Waals surface area contributed by atoms with Crippen molar-refractivity contribution in [3.63, 3.8) is 0 Å². The fourth-order valence-electron chi connectivity index (χ4n) is 2.68. The molecule has 0 saturated carbocycles. The number of nitrogens with one attached hydrogen (secondary N) is 1. The lowest BCUT2D eigenvalue weighted by Gasteiger charge is -2.37. The summed E-state index contributed by atoms with van der Waals surface area (Å²) >= 11 is 0. The van der Waals surface area contributed by atoms with Gasteiger partial charge < -0.3 is 10.1 Å². The van der Waals surface area contributed by atoms with E-state index in [1.165, 1.54) is 11.1 Å². The first-order valence-electron chi connectivity index (χ1n) is 7.38. The van der Waals surface area contributed by atoms with Crippen LogP contribution in [0.5, 0.6) is 0 Å². The molecule has 3 nitrogen and oxygen atoms in total. The molecule has 1 aliphatic heterocycles. The summed E-state index contributed by atoms with van der Waals surface area (Å²) < 4.78 is 6.01. The van der Waals surface area contributed by atoms with E-state index < -0.39 is 0 Å². The summed E-state index contributed by atoms with van der Waals surface area (Å²) in [4.78, 5) is 2.46. The van der Waals surface area contributed by atoms with Crippen molar-refractivity contribution in [2.75, 3.05) is 32.8 Å². The third-order valence-corrected chi connectivity index (χ3v) is 3.86. The van der Waals surface area contributed by atoms with Gasteiger partial charge in [-0.3, -0.25) is 4.90 Å². The first-order valence-corrected chi connectivity index (χ1v) is 7.38. The molecule has 1 aliphatic rings. The highest BCUT2D eigenvalue weighted by Crippen LogP contribution is 2.22. The van der Waals surface area contributed by atoms with Gasteiger partial charge in [-0.2, -0.15) is 0 Å². The summed E-state index contributed by atoms with van der Waals surface area (Å²) in [5, 5.41) is 3.58. The molecule has 2 atom stereocenters. The lowest BCUT2D eigenvalue weighted by molar-refractivity contribution is -0.0453. The third kappa shape index (κ3) is 3.78. The van der Waals surface area contributed by atoms with E-state index in [9.17, 15) is 0 Å². The van der Waals surface area contributed by atoms with E-state index in [0.717, 1.165) is 32.8 Å². The minimum absolute atomic E-state index is 0.247. The van der Waals surface area contributed by atoms with Gasteiger partial charge >= 0.3 is 0 Å². The smallest absolute Gasteiger partial charge is 0.0896 e. The quantitative estimate of drug-likeness (QED) is 0.881. The highest BCUT2D eigenvalue weighted by molar-refractivity contribution is 5.25. The molecule has 0 radical (unpaired) electrons. The summed E-state index contributed by atoms with van der Waals surface area (Å²) in [7, 11) is 0. The molecule has 0 amide bonds. The Bertz CT molecular complexity index is 377. The van der Waals surface area contributed by atoms with Crippen molar-refractivity contribution in [2.45, 2.75) is 32.9 Å². The van der Waals surface area contributed by atoms with Crippen molar-refractivity contribution in [3.8, 4) is 0 Å². The normalized spacial score (nSPS) is 22.4. The summed E-state index contributed by atoms with van der Waals surface area (Å²) in [6.07, 6.45) is 0.247. The van der Waals surface area contributed by atoms with E-state index in [2.05, 4.69) is 55.3 Å². The van der Waals surface area contributed by atoms with Gasteiger partial charge in [0.25, 0.3) is 0 Å². The molecule has 1 fully saturated rings. The van der Waals surface area contributed by atoms with Gasteiger partial charge in [-0.15, -0.1) is 0 Å². The summed E-state index contributed by atoms with van der Waals surface area (Å²) in [5.74, 6) is 0. The number of ether oxygens (including phenoxy) is 1. The van der Waals surface area contributed by atoms with Crippen LogP contribution in [-0.2, 0) is 4.74 Å². The topological polar surface area (TPSA) is 24.5 Å². The maximum absolute atomic E-state index is 6.01. The maximum atomic E-state index is 6.01. The van der Waals surface area contributed by atoms with Gasteiger partial charge in [0.2, 0.25) is 0 Å². The Morgan fingerprint density at radius 1 is 1.32 bits per heavy atom. The van der Waals surface area contributed by atoms with Crippen LogP contribution < -0.4 is 5.32 Å². The van der Waals surface area contributed by atoms with Crippen molar-refractivity contribution >= 4 is 0 Å². The average molecular weight is 262 g/mol. The van der Waals surface area contributed by atoms with Crippen molar-refractivity contribution in [2.24, 2.45) is 0 Å². The second kappa shape index (κ2) is 7.04. The van der Waals surface area contributed by atoms with E-state index in [-0.39, 0.29) is 6.10 Å². The van der Waals surface area contributed by atoms with Crippen LogP contribution in [0.25, 0.3) is 0 Å². The molecule has 2 rings (SSSR count). The number of morpholine rings is 1. The van der Waals surface area contributed by atoms with Gasteiger partial charge in [0, 0.05) is 13.1 Å². The molecule has 1 aromatic rings. The second-order valence-electron chi connectivity index (χ2n) is 5.25. The van der Waals surface area contributed by atoms with Crippen molar-refractivity contribution < 1.29 is 4.74 Å². The summed E-state index contributed by atoms with van der Waals surface area (Å²) in [5.41, 5.74) is 2.63. The Morgan fingerprint density at radius 2 is 2.05 bits per heavy atom. The van der Waals surface area contributed by atoms with Gasteiger partial charge in [0.05, 0.1) is 18.8 Å². The van der Waals surface area contributed by atoms with Crippen molar-refractivity contribution in [3.05, 3.63) is 35.4 Å². The lowest BCUT2D eigenvalue weighted by atomic mass is 9.99. The number of likely N-dealkylation sites (N-methyl/N-ethyl adjacent to an activating group) is 2. The van der Waals surface area contributed by atoms with Gasteiger partial charge in [-0.1, -0.05) is 43.7 Å². The number of nitrogens with zero attached hydrogens (tertiary/aromatic N) is 1. The lowest BCUT2D eigenvalue weighted by Crippen LogP contribution is -2.48. The number of aryl methyl sites for hydroxylation is 1. The summed E-state index contributed by atoms with van der Waals surface area (Å²) in [6, 6.07) is 9.09. The Hall–Kier alpha value is -0.900. The van der Waals surface area contributed by atoms with Crippen LogP contribution in [-0.4, -0.2) is 43.8 Å². The van der Waals surface area contributed by atoms with Crippen LogP contribution >= 0.6 is 0 Å². The Kier molecular flexibility index (Phi) is 5.37. The fraction of sp³-hybridized carbons (Fsp3) is 0.625. The first-order chi connectivity index (χ1) is 9.24. The third-order valence-electron chi connectivity index (χ3n) is 3.86. The molecule has 1 aromatic carbocycles. The molecule has 0 aromatic heterocycles. The average Bonchev–Trinajstić information content (AvgIpc) is 2.46. The molecule has 1 N–H and O–H groups in total. The highest BCUT2D eigenvalue weighted by atomic mass is 16.5. The molecule has 0 spiro atoms. The van der Waals surface area contributed by atoms with Gasteiger partial charge in [-0.05, 0) is 25.6 Å². The maximum Gasteiger partial charge on any atom is 0.0896 e. The highest BCUT2D eigenvalue weighted by Gasteiger charge is 2.28. The van der Waals surface area contributed by atoms with E-state index in [1.807, 2.05) is 0 Å². The number of hydrogen-bond acceptors (Lipinski definition) is 3. The van der Waals surface area contributed by atoms with E-state index in [0.29, 0.717) is 6.04 Å². The number of benzene rings is 1. The van der Waals surface area contributed by atoms with E-state index >= 15 is 0 Å². The number of hydrogen-bond donors (Lipinski definition) is 1. The Balaban J connectivity index is 2.12. The molecule has 19 heavy (non-hydrogen) atoms. The predicted molar refractivity (Wildman–Crippen MR) is 79.5 cm³/mol. The van der Waals surface area contributed by atoms with Crippen molar-refractivity contribution in [1.82, 2.24) is 10.2 Å². The molecule has 3 heteroatoms. The zero-order valence-corrected chi connectivity index (χ0v) is 12.4. The van der Waals surface area contributed by atoms with Gasteiger partial charge in [0.15, 0.2) is 0 Å². The monoisotopic (exact) mass is 262 g/mol.